The van der Waals surface area contributed by atoms with Gasteiger partial charge in [-0.1, -0.05) is 27.7 Å². The van der Waals surface area contributed by atoms with Crippen molar-refractivity contribution in [1.82, 2.24) is 0 Å². The fourth-order valence-corrected chi connectivity index (χ4v) is 2.52. The maximum Gasteiger partial charge on any atom is 0.299 e. The van der Waals surface area contributed by atoms with Crippen LogP contribution >= 0.6 is 0 Å². The summed E-state index contributed by atoms with van der Waals surface area (Å²) < 4.78 is 0. The summed E-state index contributed by atoms with van der Waals surface area (Å²) in [7, 11) is 0. The van der Waals surface area contributed by atoms with Crippen LogP contribution in [0.3, 0.4) is 0 Å². The van der Waals surface area contributed by atoms with Gasteiger partial charge in [0.25, 0.3) is 11.4 Å². The summed E-state index contributed by atoms with van der Waals surface area (Å²) in [5, 5.41) is 32.8. The lowest BCUT2D eigenvalue weighted by molar-refractivity contribution is -0.392. The third-order valence-electron chi connectivity index (χ3n) is 3.62. The zero-order valence-corrected chi connectivity index (χ0v) is 14.8. The lowest BCUT2D eigenvalue weighted by Crippen LogP contribution is -2.33. The van der Waals surface area contributed by atoms with Crippen molar-refractivity contribution in [3.05, 3.63) is 37.9 Å². The van der Waals surface area contributed by atoms with Crippen molar-refractivity contribution in [2.75, 3.05) is 18.0 Å². The van der Waals surface area contributed by atoms with Crippen LogP contribution in [0.25, 0.3) is 0 Å². The van der Waals surface area contributed by atoms with E-state index in [1.165, 1.54) is 17.0 Å². The third-order valence-corrected chi connectivity index (χ3v) is 3.62. The Hall–Kier alpha value is -2.22. The standard InChI is InChI=1S/C16H25N3O5/c1-6-7-17(10-11(2)20)15-13(18(21)22)8-12(16(3,4)5)9-14(15)19(23)24/h8-9,11,20H,6-7,10H2,1-5H3. The van der Waals surface area contributed by atoms with Crippen LogP contribution in [0.5, 0.6) is 0 Å². The molecule has 0 amide bonds. The number of rotatable bonds is 7. The van der Waals surface area contributed by atoms with Crippen molar-refractivity contribution in [2.24, 2.45) is 0 Å². The number of aliphatic hydroxyl groups excluding tert-OH is 1. The number of aliphatic hydroxyl groups is 1. The van der Waals surface area contributed by atoms with E-state index in [0.29, 0.717) is 18.5 Å². The van der Waals surface area contributed by atoms with E-state index in [9.17, 15) is 25.3 Å². The number of anilines is 1. The summed E-state index contributed by atoms with van der Waals surface area (Å²) in [4.78, 5) is 23.5. The molecule has 1 N–H and O–H groups in total. The molecule has 1 rings (SSSR count). The molecule has 0 saturated carbocycles. The number of hydrogen-bond donors (Lipinski definition) is 1. The third kappa shape index (κ3) is 4.64. The molecular formula is C16H25N3O5. The quantitative estimate of drug-likeness (QED) is 0.602. The van der Waals surface area contributed by atoms with Crippen LogP contribution in [0.4, 0.5) is 17.1 Å². The molecule has 0 aliphatic rings. The van der Waals surface area contributed by atoms with E-state index in [4.69, 9.17) is 0 Å². The second kappa shape index (κ2) is 7.57. The maximum absolute atomic E-state index is 11.6. The first-order valence-electron chi connectivity index (χ1n) is 7.89. The highest BCUT2D eigenvalue weighted by Crippen LogP contribution is 2.41. The molecule has 24 heavy (non-hydrogen) atoms. The van der Waals surface area contributed by atoms with Gasteiger partial charge in [0.1, 0.15) is 0 Å². The molecule has 1 unspecified atom stereocenters. The van der Waals surface area contributed by atoms with Gasteiger partial charge >= 0.3 is 0 Å². The fourth-order valence-electron chi connectivity index (χ4n) is 2.52. The Morgan fingerprint density at radius 1 is 1.17 bits per heavy atom. The number of nitrogens with zero attached hydrogens (tertiary/aromatic N) is 3. The topological polar surface area (TPSA) is 110 Å². The molecule has 1 atom stereocenters. The second-order valence-electron chi connectivity index (χ2n) is 6.92. The minimum atomic E-state index is -0.766. The summed E-state index contributed by atoms with van der Waals surface area (Å²) in [6.45, 7) is 9.41. The first-order valence-corrected chi connectivity index (χ1v) is 7.89. The van der Waals surface area contributed by atoms with E-state index in [0.717, 1.165) is 0 Å². The van der Waals surface area contributed by atoms with Crippen LogP contribution in [0.1, 0.15) is 46.6 Å². The Kier molecular flexibility index (Phi) is 6.25. The molecule has 134 valence electrons. The molecule has 8 nitrogen and oxygen atoms in total. The molecule has 8 heteroatoms. The Morgan fingerprint density at radius 3 is 1.92 bits per heavy atom. The summed E-state index contributed by atoms with van der Waals surface area (Å²) in [5.74, 6) is 0. The highest BCUT2D eigenvalue weighted by Gasteiger charge is 2.33. The van der Waals surface area contributed by atoms with Crippen molar-refractivity contribution in [1.29, 1.82) is 0 Å². The van der Waals surface area contributed by atoms with Crippen molar-refractivity contribution in [3.8, 4) is 0 Å². The first-order chi connectivity index (χ1) is 11.0. The van der Waals surface area contributed by atoms with Gasteiger partial charge in [-0.15, -0.1) is 0 Å². The van der Waals surface area contributed by atoms with E-state index in [-0.39, 0.29) is 23.6 Å². The van der Waals surface area contributed by atoms with E-state index in [1.807, 2.05) is 27.7 Å². The number of benzene rings is 1. The number of hydrogen-bond acceptors (Lipinski definition) is 6. The molecule has 0 bridgehead atoms. The molecule has 0 radical (unpaired) electrons. The fraction of sp³-hybridized carbons (Fsp3) is 0.625. The van der Waals surface area contributed by atoms with Gasteiger partial charge < -0.3 is 10.0 Å². The average molecular weight is 339 g/mol. The van der Waals surface area contributed by atoms with Crippen LogP contribution in [-0.2, 0) is 5.41 Å². The minimum Gasteiger partial charge on any atom is -0.392 e. The Labute approximate surface area is 141 Å². The van der Waals surface area contributed by atoms with E-state index in [2.05, 4.69) is 0 Å². The van der Waals surface area contributed by atoms with Crippen LogP contribution in [0.2, 0.25) is 0 Å². The molecule has 1 aromatic carbocycles. The molecule has 0 aliphatic heterocycles. The largest absolute Gasteiger partial charge is 0.392 e. The van der Waals surface area contributed by atoms with Crippen LogP contribution in [-0.4, -0.2) is 34.1 Å². The first kappa shape index (κ1) is 19.8. The molecular weight excluding hydrogens is 314 g/mol. The minimum absolute atomic E-state index is 0.0410. The van der Waals surface area contributed by atoms with Gasteiger partial charge in [-0.2, -0.15) is 0 Å². The number of nitro benzene ring substituents is 2. The highest BCUT2D eigenvalue weighted by atomic mass is 16.6. The Bertz CT molecular complexity index is 588. The van der Waals surface area contributed by atoms with Gasteiger partial charge in [-0.05, 0) is 24.3 Å². The van der Waals surface area contributed by atoms with Crippen molar-refractivity contribution in [3.63, 3.8) is 0 Å². The summed E-state index contributed by atoms with van der Waals surface area (Å²) >= 11 is 0. The molecule has 0 saturated heterocycles. The molecule has 0 fully saturated rings. The zero-order valence-electron chi connectivity index (χ0n) is 14.8. The average Bonchev–Trinajstić information content (AvgIpc) is 2.43. The Balaban J connectivity index is 3.71. The predicted molar refractivity (Wildman–Crippen MR) is 92.6 cm³/mol. The molecule has 1 aromatic rings. The van der Waals surface area contributed by atoms with Crippen molar-refractivity contribution >= 4 is 17.1 Å². The SMILES string of the molecule is CCCN(CC(C)O)c1c([N+](=O)[O-])cc(C(C)(C)C)cc1[N+](=O)[O-]. The van der Waals surface area contributed by atoms with Gasteiger partial charge in [0.2, 0.25) is 0 Å². The van der Waals surface area contributed by atoms with Gasteiger partial charge in [0.05, 0.1) is 16.0 Å². The highest BCUT2D eigenvalue weighted by molar-refractivity contribution is 5.76. The summed E-state index contributed by atoms with van der Waals surface area (Å²) in [6, 6.07) is 2.79. The monoisotopic (exact) mass is 339 g/mol. The summed E-state index contributed by atoms with van der Waals surface area (Å²) in [6.07, 6.45) is -0.125. The zero-order chi connectivity index (χ0) is 18.7. The van der Waals surface area contributed by atoms with Crippen LogP contribution < -0.4 is 4.90 Å². The van der Waals surface area contributed by atoms with Crippen molar-refractivity contribution in [2.45, 2.75) is 52.6 Å². The predicted octanol–water partition coefficient (Wildman–Crippen LogP) is 3.40. The normalized spacial score (nSPS) is 12.8. The number of nitro groups is 2. The van der Waals surface area contributed by atoms with E-state index in [1.54, 1.807) is 6.92 Å². The van der Waals surface area contributed by atoms with E-state index >= 15 is 0 Å². The van der Waals surface area contributed by atoms with Gasteiger partial charge in [0, 0.05) is 25.2 Å². The van der Waals surface area contributed by atoms with Gasteiger partial charge in [-0.25, -0.2) is 0 Å². The molecule has 0 aromatic heterocycles. The lowest BCUT2D eigenvalue weighted by Gasteiger charge is -2.26. The van der Waals surface area contributed by atoms with Crippen molar-refractivity contribution < 1.29 is 15.0 Å². The smallest absolute Gasteiger partial charge is 0.299 e. The van der Waals surface area contributed by atoms with Crippen LogP contribution in [0, 0.1) is 20.2 Å². The second-order valence-corrected chi connectivity index (χ2v) is 6.92. The maximum atomic E-state index is 11.6. The molecule has 0 aliphatic carbocycles. The van der Waals surface area contributed by atoms with E-state index < -0.39 is 21.4 Å². The molecule has 0 spiro atoms. The van der Waals surface area contributed by atoms with Gasteiger partial charge in [0.15, 0.2) is 5.69 Å². The van der Waals surface area contributed by atoms with Crippen LogP contribution in [0.15, 0.2) is 12.1 Å². The van der Waals surface area contributed by atoms with Gasteiger partial charge in [-0.3, -0.25) is 20.2 Å². The lowest BCUT2D eigenvalue weighted by atomic mass is 9.86. The summed E-state index contributed by atoms with van der Waals surface area (Å²) in [5.41, 5.74) is -0.584. The molecule has 0 heterocycles. The Morgan fingerprint density at radius 2 is 1.62 bits per heavy atom.